The number of carboxylic acids is 1. The van der Waals surface area contributed by atoms with E-state index in [1.54, 1.807) is 24.3 Å². The Morgan fingerprint density at radius 1 is 1.23 bits per heavy atom. The number of aryl methyl sites for hydroxylation is 1. The molecule has 3 N–H and O–H groups in total. The quantitative estimate of drug-likeness (QED) is 0.480. The van der Waals surface area contributed by atoms with Gasteiger partial charge in [-0.2, -0.15) is 0 Å². The van der Waals surface area contributed by atoms with Crippen molar-refractivity contribution < 1.29 is 24.9 Å². The van der Waals surface area contributed by atoms with E-state index in [1.807, 2.05) is 12.2 Å². The van der Waals surface area contributed by atoms with Crippen molar-refractivity contribution in [2.24, 2.45) is 23.2 Å². The number of carbonyl (C=O) groups is 2. The van der Waals surface area contributed by atoms with Crippen molar-refractivity contribution >= 4 is 11.8 Å². The fourth-order valence-electron chi connectivity index (χ4n) is 5.46. The number of hydrogen-bond donors (Lipinski definition) is 3. The zero-order valence-corrected chi connectivity index (χ0v) is 18.7. The van der Waals surface area contributed by atoms with E-state index in [9.17, 15) is 19.8 Å². The zero-order chi connectivity index (χ0) is 22.6. The minimum atomic E-state index is -0.954. The van der Waals surface area contributed by atoms with Gasteiger partial charge in [-0.25, -0.2) is 4.79 Å². The highest BCUT2D eigenvalue weighted by Crippen LogP contribution is 2.49. The van der Waals surface area contributed by atoms with Gasteiger partial charge in [0.15, 0.2) is 0 Å². The molecule has 4 atom stereocenters. The number of aliphatic hydroxyl groups excluding tert-OH is 2. The summed E-state index contributed by atoms with van der Waals surface area (Å²) >= 11 is 0. The number of carboxylic acid groups (broad SMARTS) is 1. The monoisotopic (exact) mass is 428 g/mol. The standard InChI is InChI=1S/C26H36O5/c1-17(2)16-26(13-4-14-26)24(29)6-3-5-20-21(23(28)15-22(20)27)12-9-18-7-10-19(11-8-18)25(30)31/h3,5,7-8,10-11,17,20-22,24,27,29H,4,6,9,12-16H2,1-2H3,(H,30,31)/b5-3+/t20-,21-,22?,24?/m1/s1. The first kappa shape index (κ1) is 23.7. The van der Waals surface area contributed by atoms with Gasteiger partial charge in [0.05, 0.1) is 17.8 Å². The van der Waals surface area contributed by atoms with Crippen molar-refractivity contribution in [3.05, 3.63) is 47.5 Å². The van der Waals surface area contributed by atoms with Crippen molar-refractivity contribution in [2.45, 2.75) is 77.4 Å². The van der Waals surface area contributed by atoms with Crippen LogP contribution in [0, 0.1) is 23.2 Å². The lowest BCUT2D eigenvalue weighted by Crippen LogP contribution is -2.42. The summed E-state index contributed by atoms with van der Waals surface area (Å²) in [6.07, 6.45) is 9.26. The molecule has 31 heavy (non-hydrogen) atoms. The van der Waals surface area contributed by atoms with Crippen LogP contribution in [0.2, 0.25) is 0 Å². The first-order valence-corrected chi connectivity index (χ1v) is 11.6. The SMILES string of the molecule is CC(C)CC1(C(O)C/C=C/[C@H]2C(O)CC(=O)[C@@H]2CCc2ccc(C(=O)O)cc2)CCC1. The van der Waals surface area contributed by atoms with Crippen LogP contribution in [0.1, 0.15) is 74.7 Å². The van der Waals surface area contributed by atoms with Gasteiger partial charge in [-0.1, -0.05) is 44.6 Å². The number of hydrogen-bond acceptors (Lipinski definition) is 4. The molecule has 2 fully saturated rings. The summed E-state index contributed by atoms with van der Waals surface area (Å²) in [5.41, 5.74) is 1.26. The molecule has 1 aromatic carbocycles. The molecule has 0 aromatic heterocycles. The Balaban J connectivity index is 1.58. The number of ketones is 1. The maximum Gasteiger partial charge on any atom is 0.335 e. The Morgan fingerprint density at radius 2 is 1.90 bits per heavy atom. The summed E-state index contributed by atoms with van der Waals surface area (Å²) < 4.78 is 0. The number of rotatable bonds is 10. The van der Waals surface area contributed by atoms with E-state index in [4.69, 9.17) is 5.11 Å². The van der Waals surface area contributed by atoms with Crippen LogP contribution in [0.5, 0.6) is 0 Å². The van der Waals surface area contributed by atoms with Gasteiger partial charge in [-0.15, -0.1) is 0 Å². The van der Waals surface area contributed by atoms with Crippen LogP contribution in [-0.2, 0) is 11.2 Å². The van der Waals surface area contributed by atoms with Gasteiger partial charge < -0.3 is 15.3 Å². The highest BCUT2D eigenvalue weighted by Gasteiger charge is 2.43. The molecule has 2 aliphatic carbocycles. The van der Waals surface area contributed by atoms with Crippen molar-refractivity contribution in [3.8, 4) is 0 Å². The highest BCUT2D eigenvalue weighted by molar-refractivity contribution is 5.87. The lowest BCUT2D eigenvalue weighted by Gasteiger charge is -2.46. The van der Waals surface area contributed by atoms with Crippen LogP contribution < -0.4 is 0 Å². The Labute approximate surface area is 185 Å². The molecule has 0 amide bonds. The van der Waals surface area contributed by atoms with E-state index < -0.39 is 12.1 Å². The molecule has 5 heteroatoms. The van der Waals surface area contributed by atoms with Crippen molar-refractivity contribution in [1.29, 1.82) is 0 Å². The topological polar surface area (TPSA) is 94.8 Å². The van der Waals surface area contributed by atoms with Crippen LogP contribution in [-0.4, -0.2) is 39.3 Å². The number of Topliss-reactive ketones (excluding diaryl/α,β-unsaturated/α-hetero) is 1. The average Bonchev–Trinajstić information content (AvgIpc) is 2.95. The largest absolute Gasteiger partial charge is 0.478 e. The third kappa shape index (κ3) is 5.64. The zero-order valence-electron chi connectivity index (χ0n) is 18.7. The van der Waals surface area contributed by atoms with Crippen molar-refractivity contribution in [1.82, 2.24) is 0 Å². The summed E-state index contributed by atoms with van der Waals surface area (Å²) in [7, 11) is 0. The molecule has 2 aliphatic rings. The molecule has 0 aliphatic heterocycles. The molecule has 0 radical (unpaired) electrons. The molecule has 3 rings (SSSR count). The molecule has 170 valence electrons. The number of benzene rings is 1. The van der Waals surface area contributed by atoms with Gasteiger partial charge in [0.1, 0.15) is 5.78 Å². The number of aromatic carboxylic acids is 1. The predicted octanol–water partition coefficient (Wildman–Crippen LogP) is 4.41. The van der Waals surface area contributed by atoms with Crippen LogP contribution in [0.4, 0.5) is 0 Å². The van der Waals surface area contributed by atoms with Gasteiger partial charge in [-0.05, 0) is 67.6 Å². The van der Waals surface area contributed by atoms with Crippen LogP contribution in [0.25, 0.3) is 0 Å². The van der Waals surface area contributed by atoms with E-state index in [-0.39, 0.29) is 41.1 Å². The summed E-state index contributed by atoms with van der Waals surface area (Å²) in [6, 6.07) is 6.73. The molecule has 2 saturated carbocycles. The predicted molar refractivity (Wildman–Crippen MR) is 120 cm³/mol. The molecule has 0 bridgehead atoms. The van der Waals surface area contributed by atoms with E-state index in [1.165, 1.54) is 6.42 Å². The van der Waals surface area contributed by atoms with Gasteiger partial charge in [0, 0.05) is 18.3 Å². The Hall–Kier alpha value is -1.98. The molecule has 0 spiro atoms. The first-order chi connectivity index (χ1) is 14.7. The Kier molecular flexibility index (Phi) is 7.71. The van der Waals surface area contributed by atoms with Crippen LogP contribution in [0.3, 0.4) is 0 Å². The maximum atomic E-state index is 12.5. The van der Waals surface area contributed by atoms with Gasteiger partial charge in [-0.3, -0.25) is 4.79 Å². The van der Waals surface area contributed by atoms with E-state index in [0.29, 0.717) is 25.2 Å². The summed E-state index contributed by atoms with van der Waals surface area (Å²) in [5, 5.41) is 30.3. The first-order valence-electron chi connectivity index (χ1n) is 11.6. The fraction of sp³-hybridized carbons (Fsp3) is 0.615. The minimum Gasteiger partial charge on any atom is -0.478 e. The molecular weight excluding hydrogens is 392 g/mol. The second kappa shape index (κ2) is 10.1. The number of carbonyl (C=O) groups excluding carboxylic acids is 1. The second-order valence-electron chi connectivity index (χ2n) is 9.96. The van der Waals surface area contributed by atoms with E-state index in [2.05, 4.69) is 13.8 Å². The van der Waals surface area contributed by atoms with Gasteiger partial charge in [0.25, 0.3) is 0 Å². The van der Waals surface area contributed by atoms with Crippen LogP contribution >= 0.6 is 0 Å². The Morgan fingerprint density at radius 3 is 2.45 bits per heavy atom. The van der Waals surface area contributed by atoms with Crippen molar-refractivity contribution in [2.75, 3.05) is 0 Å². The Bertz CT molecular complexity index is 791. The molecule has 0 heterocycles. The molecule has 1 aromatic rings. The summed E-state index contributed by atoms with van der Waals surface area (Å²) in [5.74, 6) is -0.774. The summed E-state index contributed by atoms with van der Waals surface area (Å²) in [4.78, 5) is 23.5. The third-order valence-corrected chi connectivity index (χ3v) is 7.27. The van der Waals surface area contributed by atoms with E-state index in [0.717, 1.165) is 24.8 Å². The molecule has 5 nitrogen and oxygen atoms in total. The van der Waals surface area contributed by atoms with Crippen molar-refractivity contribution in [3.63, 3.8) is 0 Å². The second-order valence-corrected chi connectivity index (χ2v) is 9.96. The van der Waals surface area contributed by atoms with E-state index >= 15 is 0 Å². The lowest BCUT2D eigenvalue weighted by molar-refractivity contribution is -0.121. The maximum absolute atomic E-state index is 12.5. The number of aliphatic hydroxyl groups is 2. The highest BCUT2D eigenvalue weighted by atomic mass is 16.4. The van der Waals surface area contributed by atoms with Gasteiger partial charge in [0.2, 0.25) is 0 Å². The minimum absolute atomic E-state index is 0.0319. The smallest absolute Gasteiger partial charge is 0.335 e. The normalized spacial score (nSPS) is 26.4. The third-order valence-electron chi connectivity index (χ3n) is 7.27. The molecule has 2 unspecified atom stereocenters. The molecular formula is C26H36O5. The average molecular weight is 429 g/mol. The lowest BCUT2D eigenvalue weighted by atomic mass is 9.60. The van der Waals surface area contributed by atoms with Crippen LogP contribution in [0.15, 0.2) is 36.4 Å². The van der Waals surface area contributed by atoms with Gasteiger partial charge >= 0.3 is 5.97 Å². The fourth-order valence-corrected chi connectivity index (χ4v) is 5.46. The molecule has 0 saturated heterocycles. The summed E-state index contributed by atoms with van der Waals surface area (Å²) in [6.45, 7) is 4.39.